The summed E-state index contributed by atoms with van der Waals surface area (Å²) in [4.78, 5) is 25.4. The first-order chi connectivity index (χ1) is 16.1. The van der Waals surface area contributed by atoms with Crippen molar-refractivity contribution < 1.29 is 23.4 Å². The van der Waals surface area contributed by atoms with Crippen molar-refractivity contribution in [3.63, 3.8) is 0 Å². The fourth-order valence-corrected chi connectivity index (χ4v) is 4.65. The molecular formula is C25H33FN2O5. The van der Waals surface area contributed by atoms with Gasteiger partial charge in [-0.2, -0.15) is 0 Å². The summed E-state index contributed by atoms with van der Waals surface area (Å²) in [6.07, 6.45) is 9.67. The van der Waals surface area contributed by atoms with E-state index in [-0.39, 0.29) is 29.9 Å². The van der Waals surface area contributed by atoms with Crippen molar-refractivity contribution in [2.24, 2.45) is 0 Å². The van der Waals surface area contributed by atoms with Gasteiger partial charge >= 0.3 is 5.97 Å². The number of anilines is 1. The second kappa shape index (κ2) is 11.1. The molecule has 8 heteroatoms. The zero-order valence-electron chi connectivity index (χ0n) is 19.2. The standard InChI is InChI=1S/C25H33FN2O5/c1-2-31-25(30)19-16-28(11-13-33-23-10-6-7-12-32-23)22-15-21(20(26)14-18(22)24(19)29)27-17-8-4-3-5-9-17/h14-17,23,27H,2-13H2,1H3. The van der Waals surface area contributed by atoms with E-state index in [2.05, 4.69) is 5.32 Å². The molecule has 1 saturated carbocycles. The Kier molecular flexibility index (Phi) is 7.98. The number of esters is 1. The fraction of sp³-hybridized carbons (Fsp3) is 0.600. The Morgan fingerprint density at radius 3 is 2.70 bits per heavy atom. The molecule has 2 heterocycles. The van der Waals surface area contributed by atoms with Gasteiger partial charge in [0.05, 0.1) is 24.4 Å². The van der Waals surface area contributed by atoms with Crippen molar-refractivity contribution in [1.82, 2.24) is 4.57 Å². The molecular weight excluding hydrogens is 427 g/mol. The van der Waals surface area contributed by atoms with Crippen molar-refractivity contribution in [3.8, 4) is 0 Å². The molecule has 2 aromatic rings. The number of ether oxygens (including phenoxy) is 3. The number of pyridine rings is 1. The maximum Gasteiger partial charge on any atom is 0.343 e. The Hall–Kier alpha value is -2.45. The molecule has 2 aliphatic rings. The van der Waals surface area contributed by atoms with Crippen molar-refractivity contribution in [1.29, 1.82) is 0 Å². The molecule has 33 heavy (non-hydrogen) atoms. The molecule has 0 bridgehead atoms. The lowest BCUT2D eigenvalue weighted by atomic mass is 9.95. The van der Waals surface area contributed by atoms with Crippen LogP contribution in [0.2, 0.25) is 0 Å². The normalized spacial score (nSPS) is 19.5. The summed E-state index contributed by atoms with van der Waals surface area (Å²) in [7, 11) is 0. The van der Waals surface area contributed by atoms with Crippen LogP contribution in [0.15, 0.2) is 23.1 Å². The molecule has 2 fully saturated rings. The van der Waals surface area contributed by atoms with Gasteiger partial charge < -0.3 is 24.1 Å². The number of halogens is 1. The summed E-state index contributed by atoms with van der Waals surface area (Å²) in [6.45, 7) is 3.24. The average molecular weight is 461 g/mol. The highest BCUT2D eigenvalue weighted by molar-refractivity contribution is 5.94. The highest BCUT2D eigenvalue weighted by atomic mass is 19.1. The van der Waals surface area contributed by atoms with Crippen LogP contribution >= 0.6 is 0 Å². The summed E-state index contributed by atoms with van der Waals surface area (Å²) >= 11 is 0. The minimum absolute atomic E-state index is 0.106. The van der Waals surface area contributed by atoms with Gasteiger partial charge in [0.25, 0.3) is 0 Å². The van der Waals surface area contributed by atoms with Gasteiger partial charge in [-0.05, 0) is 51.2 Å². The Morgan fingerprint density at radius 2 is 1.97 bits per heavy atom. The number of nitrogens with zero attached hydrogens (tertiary/aromatic N) is 1. The number of aromatic nitrogens is 1. The maximum absolute atomic E-state index is 15.0. The third-order valence-corrected chi connectivity index (χ3v) is 6.40. The van der Waals surface area contributed by atoms with E-state index in [9.17, 15) is 14.0 Å². The Bertz CT molecular complexity index is 1030. The molecule has 180 valence electrons. The van der Waals surface area contributed by atoms with Crippen LogP contribution in [0.1, 0.15) is 68.6 Å². The molecule has 1 atom stereocenters. The first-order valence-electron chi connectivity index (χ1n) is 12.1. The van der Waals surface area contributed by atoms with Gasteiger partial charge in [-0.15, -0.1) is 0 Å². The zero-order valence-corrected chi connectivity index (χ0v) is 19.2. The number of carbonyl (C=O) groups excluding carboxylic acids is 1. The lowest BCUT2D eigenvalue weighted by Crippen LogP contribution is -2.26. The van der Waals surface area contributed by atoms with Crippen LogP contribution in [-0.4, -0.2) is 42.7 Å². The Balaban J connectivity index is 1.65. The molecule has 1 saturated heterocycles. The third-order valence-electron chi connectivity index (χ3n) is 6.40. The van der Waals surface area contributed by atoms with Crippen LogP contribution in [-0.2, 0) is 20.8 Å². The van der Waals surface area contributed by atoms with E-state index in [0.29, 0.717) is 31.0 Å². The first kappa shape index (κ1) is 23.7. The van der Waals surface area contributed by atoms with E-state index in [4.69, 9.17) is 14.2 Å². The molecule has 7 nitrogen and oxygen atoms in total. The molecule has 0 radical (unpaired) electrons. The van der Waals surface area contributed by atoms with Crippen molar-refractivity contribution in [3.05, 3.63) is 39.9 Å². The van der Waals surface area contributed by atoms with Gasteiger partial charge in [-0.25, -0.2) is 9.18 Å². The topological polar surface area (TPSA) is 78.8 Å². The van der Waals surface area contributed by atoms with Gasteiger partial charge in [-0.3, -0.25) is 4.79 Å². The zero-order chi connectivity index (χ0) is 23.2. The highest BCUT2D eigenvalue weighted by Crippen LogP contribution is 2.27. The Labute approximate surface area is 193 Å². The largest absolute Gasteiger partial charge is 0.462 e. The lowest BCUT2D eigenvalue weighted by Gasteiger charge is -2.25. The molecule has 4 rings (SSSR count). The summed E-state index contributed by atoms with van der Waals surface area (Å²) in [5.74, 6) is -1.20. The summed E-state index contributed by atoms with van der Waals surface area (Å²) in [5, 5.41) is 3.47. The summed E-state index contributed by atoms with van der Waals surface area (Å²) in [6, 6.07) is 3.12. The van der Waals surface area contributed by atoms with Crippen LogP contribution in [0.5, 0.6) is 0 Å². The molecule has 0 spiro atoms. The lowest BCUT2D eigenvalue weighted by molar-refractivity contribution is -0.163. The van der Waals surface area contributed by atoms with Crippen LogP contribution in [0.3, 0.4) is 0 Å². The van der Waals surface area contributed by atoms with E-state index in [1.165, 1.54) is 18.7 Å². The minimum atomic E-state index is -0.709. The monoisotopic (exact) mass is 460 g/mol. The van der Waals surface area contributed by atoms with Gasteiger partial charge in [0, 0.05) is 30.8 Å². The van der Waals surface area contributed by atoms with Gasteiger partial charge in [0.2, 0.25) is 5.43 Å². The van der Waals surface area contributed by atoms with E-state index >= 15 is 0 Å². The Morgan fingerprint density at radius 1 is 1.18 bits per heavy atom. The SMILES string of the molecule is CCOC(=O)c1cn(CCOC2CCCCO2)c2cc(NC3CCCCC3)c(F)cc2c1=O. The maximum atomic E-state index is 15.0. The van der Waals surface area contributed by atoms with E-state index in [1.807, 2.05) is 0 Å². The van der Waals surface area contributed by atoms with Crippen molar-refractivity contribution in [2.45, 2.75) is 77.2 Å². The number of carbonyl (C=O) groups is 1. The predicted octanol–water partition coefficient (Wildman–Crippen LogP) is 4.61. The quantitative estimate of drug-likeness (QED) is 0.580. The number of nitrogens with one attached hydrogen (secondary N) is 1. The van der Waals surface area contributed by atoms with Gasteiger partial charge in [-0.1, -0.05) is 19.3 Å². The second-order valence-electron chi connectivity index (χ2n) is 8.78. The molecule has 1 aromatic carbocycles. The molecule has 1 aliphatic carbocycles. The molecule has 1 aromatic heterocycles. The van der Waals surface area contributed by atoms with E-state index in [0.717, 1.165) is 44.9 Å². The van der Waals surface area contributed by atoms with E-state index < -0.39 is 17.2 Å². The fourth-order valence-electron chi connectivity index (χ4n) is 4.65. The molecule has 1 N–H and O–H groups in total. The summed E-state index contributed by atoms with van der Waals surface area (Å²) in [5.41, 5.74) is 0.300. The molecule has 0 amide bonds. The van der Waals surface area contributed by atoms with Gasteiger partial charge in [0.15, 0.2) is 6.29 Å². The molecule has 1 unspecified atom stereocenters. The van der Waals surface area contributed by atoms with Crippen LogP contribution in [0, 0.1) is 5.82 Å². The van der Waals surface area contributed by atoms with Crippen LogP contribution in [0.25, 0.3) is 10.9 Å². The number of hydrogen-bond donors (Lipinski definition) is 1. The highest BCUT2D eigenvalue weighted by Gasteiger charge is 2.21. The summed E-state index contributed by atoms with van der Waals surface area (Å²) < 4.78 is 33.3. The first-order valence-corrected chi connectivity index (χ1v) is 12.1. The third kappa shape index (κ3) is 5.73. The smallest absolute Gasteiger partial charge is 0.343 e. The number of rotatable bonds is 8. The second-order valence-corrected chi connectivity index (χ2v) is 8.78. The predicted molar refractivity (Wildman–Crippen MR) is 124 cm³/mol. The minimum Gasteiger partial charge on any atom is -0.462 e. The van der Waals surface area contributed by atoms with Gasteiger partial charge in [0.1, 0.15) is 11.4 Å². The number of hydrogen-bond acceptors (Lipinski definition) is 6. The van der Waals surface area contributed by atoms with Crippen LogP contribution < -0.4 is 10.7 Å². The number of fused-ring (bicyclic) bond motifs is 1. The number of benzene rings is 1. The van der Waals surface area contributed by atoms with Crippen molar-refractivity contribution in [2.75, 3.05) is 25.1 Å². The van der Waals surface area contributed by atoms with Crippen LogP contribution in [0.4, 0.5) is 10.1 Å². The van der Waals surface area contributed by atoms with Crippen molar-refractivity contribution >= 4 is 22.6 Å². The van der Waals surface area contributed by atoms with E-state index in [1.54, 1.807) is 17.6 Å². The average Bonchev–Trinajstić information content (AvgIpc) is 2.83. The molecule has 1 aliphatic heterocycles.